The highest BCUT2D eigenvalue weighted by molar-refractivity contribution is 5.93. The summed E-state index contributed by atoms with van der Waals surface area (Å²) >= 11 is 0. The van der Waals surface area contributed by atoms with E-state index in [4.69, 9.17) is 0 Å². The van der Waals surface area contributed by atoms with Crippen molar-refractivity contribution in [1.29, 1.82) is 0 Å². The molecule has 0 bridgehead atoms. The lowest BCUT2D eigenvalue weighted by Crippen LogP contribution is -2.35. The predicted octanol–water partition coefficient (Wildman–Crippen LogP) is 1.68. The van der Waals surface area contributed by atoms with Gasteiger partial charge in [0.15, 0.2) is 0 Å². The number of carbonyl (C=O) groups excluding carboxylic acids is 2. The molecule has 5 heteroatoms. The monoisotopic (exact) mass is 303 g/mol. The van der Waals surface area contributed by atoms with E-state index in [2.05, 4.69) is 10.6 Å². The van der Waals surface area contributed by atoms with E-state index >= 15 is 0 Å². The van der Waals surface area contributed by atoms with Crippen LogP contribution in [0.15, 0.2) is 24.3 Å². The van der Waals surface area contributed by atoms with Crippen molar-refractivity contribution in [1.82, 2.24) is 10.6 Å². The van der Waals surface area contributed by atoms with Gasteiger partial charge in [0.1, 0.15) is 0 Å². The minimum atomic E-state index is -0.0461. The standard InChI is InChI=1S/C17H25N3O2/c1-13(11-18-2)17(22)19-12-14-6-8-15(9-7-14)20-10-4-3-5-16(20)21/h6-9,13,18H,3-5,10-12H2,1-2H3,(H,19,22). The molecular weight excluding hydrogens is 278 g/mol. The summed E-state index contributed by atoms with van der Waals surface area (Å²) in [6, 6.07) is 7.87. The van der Waals surface area contributed by atoms with Crippen molar-refractivity contribution in [2.75, 3.05) is 25.0 Å². The lowest BCUT2D eigenvalue weighted by Gasteiger charge is -2.26. The molecule has 1 fully saturated rings. The molecule has 0 saturated carbocycles. The Bertz CT molecular complexity index is 513. The van der Waals surface area contributed by atoms with Crippen molar-refractivity contribution in [2.24, 2.45) is 5.92 Å². The van der Waals surface area contributed by atoms with E-state index in [0.29, 0.717) is 19.5 Å². The molecule has 1 saturated heterocycles. The maximum absolute atomic E-state index is 11.9. The van der Waals surface area contributed by atoms with Gasteiger partial charge in [-0.25, -0.2) is 0 Å². The van der Waals surface area contributed by atoms with Crippen molar-refractivity contribution in [2.45, 2.75) is 32.7 Å². The van der Waals surface area contributed by atoms with Gasteiger partial charge in [-0.3, -0.25) is 9.59 Å². The molecule has 0 aliphatic carbocycles. The maximum Gasteiger partial charge on any atom is 0.226 e. The van der Waals surface area contributed by atoms with Gasteiger partial charge in [0.05, 0.1) is 0 Å². The Balaban J connectivity index is 1.89. The minimum Gasteiger partial charge on any atom is -0.352 e. The summed E-state index contributed by atoms with van der Waals surface area (Å²) in [6.07, 6.45) is 2.69. The Hall–Kier alpha value is -1.88. The van der Waals surface area contributed by atoms with Crippen LogP contribution in [0.2, 0.25) is 0 Å². The average Bonchev–Trinajstić information content (AvgIpc) is 2.54. The Morgan fingerprint density at radius 3 is 2.64 bits per heavy atom. The van der Waals surface area contributed by atoms with Gasteiger partial charge in [0, 0.05) is 37.7 Å². The van der Waals surface area contributed by atoms with Crippen molar-refractivity contribution in [3.63, 3.8) is 0 Å². The van der Waals surface area contributed by atoms with Crippen LogP contribution in [-0.4, -0.2) is 32.0 Å². The zero-order chi connectivity index (χ0) is 15.9. The number of amides is 2. The molecule has 0 radical (unpaired) electrons. The van der Waals surface area contributed by atoms with Crippen LogP contribution < -0.4 is 15.5 Å². The number of hydrogen-bond donors (Lipinski definition) is 2. The number of hydrogen-bond acceptors (Lipinski definition) is 3. The summed E-state index contributed by atoms with van der Waals surface area (Å²) in [5, 5.41) is 5.93. The normalized spacial score (nSPS) is 16.5. The highest BCUT2D eigenvalue weighted by Gasteiger charge is 2.19. The molecule has 1 aromatic carbocycles. The van der Waals surface area contributed by atoms with Crippen molar-refractivity contribution < 1.29 is 9.59 Å². The van der Waals surface area contributed by atoms with E-state index in [0.717, 1.165) is 30.6 Å². The molecule has 120 valence electrons. The summed E-state index contributed by atoms with van der Waals surface area (Å²) in [7, 11) is 1.84. The molecule has 2 amide bonds. The van der Waals surface area contributed by atoms with Gasteiger partial charge in [-0.05, 0) is 37.6 Å². The Morgan fingerprint density at radius 1 is 1.27 bits per heavy atom. The molecular formula is C17H25N3O2. The smallest absolute Gasteiger partial charge is 0.226 e. The quantitative estimate of drug-likeness (QED) is 0.840. The highest BCUT2D eigenvalue weighted by atomic mass is 16.2. The van der Waals surface area contributed by atoms with Crippen LogP contribution in [0.25, 0.3) is 0 Å². The lowest BCUT2D eigenvalue weighted by atomic mass is 10.1. The van der Waals surface area contributed by atoms with E-state index in [1.54, 1.807) is 0 Å². The van der Waals surface area contributed by atoms with Crippen LogP contribution in [0, 0.1) is 5.92 Å². The van der Waals surface area contributed by atoms with Gasteiger partial charge in [0.2, 0.25) is 11.8 Å². The summed E-state index contributed by atoms with van der Waals surface area (Å²) in [4.78, 5) is 25.6. The molecule has 22 heavy (non-hydrogen) atoms. The van der Waals surface area contributed by atoms with E-state index in [9.17, 15) is 9.59 Å². The van der Waals surface area contributed by atoms with Gasteiger partial charge >= 0.3 is 0 Å². The van der Waals surface area contributed by atoms with E-state index in [-0.39, 0.29) is 17.7 Å². The second-order valence-corrected chi connectivity index (χ2v) is 5.85. The molecule has 1 unspecified atom stereocenters. The fourth-order valence-electron chi connectivity index (χ4n) is 2.63. The maximum atomic E-state index is 11.9. The molecule has 2 rings (SSSR count). The Kier molecular flexibility index (Phi) is 5.95. The lowest BCUT2D eigenvalue weighted by molar-refractivity contribution is -0.124. The third kappa shape index (κ3) is 4.31. The molecule has 1 aliphatic rings. The largest absolute Gasteiger partial charge is 0.352 e. The van der Waals surface area contributed by atoms with Gasteiger partial charge in [-0.2, -0.15) is 0 Å². The first-order valence-electron chi connectivity index (χ1n) is 7.93. The third-order valence-electron chi connectivity index (χ3n) is 4.00. The number of rotatable bonds is 6. The van der Waals surface area contributed by atoms with E-state index in [1.165, 1.54) is 0 Å². The van der Waals surface area contributed by atoms with Crippen LogP contribution in [0.4, 0.5) is 5.69 Å². The second-order valence-electron chi connectivity index (χ2n) is 5.85. The molecule has 0 spiro atoms. The molecule has 5 nitrogen and oxygen atoms in total. The number of nitrogens with zero attached hydrogens (tertiary/aromatic N) is 1. The van der Waals surface area contributed by atoms with Crippen molar-refractivity contribution in [3.05, 3.63) is 29.8 Å². The SMILES string of the molecule is CNCC(C)C(=O)NCc1ccc(N2CCCCC2=O)cc1. The number of nitrogens with one attached hydrogen (secondary N) is 2. The van der Waals surface area contributed by atoms with Gasteiger partial charge in [-0.1, -0.05) is 19.1 Å². The fraction of sp³-hybridized carbons (Fsp3) is 0.529. The van der Waals surface area contributed by atoms with Crippen molar-refractivity contribution >= 4 is 17.5 Å². The average molecular weight is 303 g/mol. The second kappa shape index (κ2) is 7.94. The third-order valence-corrected chi connectivity index (χ3v) is 4.00. The number of benzene rings is 1. The van der Waals surface area contributed by atoms with Crippen LogP contribution in [0.1, 0.15) is 31.7 Å². The molecule has 1 aromatic rings. The van der Waals surface area contributed by atoms with Gasteiger partial charge in [-0.15, -0.1) is 0 Å². The van der Waals surface area contributed by atoms with Crippen LogP contribution in [-0.2, 0) is 16.1 Å². The molecule has 1 atom stereocenters. The molecule has 1 heterocycles. The highest BCUT2D eigenvalue weighted by Crippen LogP contribution is 2.21. The summed E-state index contributed by atoms with van der Waals surface area (Å²) in [5.74, 6) is 0.202. The fourth-order valence-corrected chi connectivity index (χ4v) is 2.63. The first kappa shape index (κ1) is 16.5. The van der Waals surface area contributed by atoms with E-state index < -0.39 is 0 Å². The first-order valence-corrected chi connectivity index (χ1v) is 7.93. The summed E-state index contributed by atoms with van der Waals surface area (Å²) in [5.41, 5.74) is 1.99. The van der Waals surface area contributed by atoms with Gasteiger partial charge < -0.3 is 15.5 Å². The number of piperidine rings is 1. The molecule has 2 N–H and O–H groups in total. The molecule has 1 aliphatic heterocycles. The van der Waals surface area contributed by atoms with Crippen molar-refractivity contribution in [3.8, 4) is 0 Å². The minimum absolute atomic E-state index is 0.0460. The first-order chi connectivity index (χ1) is 10.6. The number of carbonyl (C=O) groups is 2. The topological polar surface area (TPSA) is 61.4 Å². The number of anilines is 1. The van der Waals surface area contributed by atoms with E-state index in [1.807, 2.05) is 43.1 Å². The van der Waals surface area contributed by atoms with Crippen LogP contribution in [0.3, 0.4) is 0 Å². The zero-order valence-electron chi connectivity index (χ0n) is 13.4. The summed E-state index contributed by atoms with van der Waals surface area (Å²) in [6.45, 7) is 3.89. The van der Waals surface area contributed by atoms with Crippen LogP contribution >= 0.6 is 0 Å². The predicted molar refractivity (Wildman–Crippen MR) is 87.6 cm³/mol. The molecule has 0 aromatic heterocycles. The van der Waals surface area contributed by atoms with Crippen LogP contribution in [0.5, 0.6) is 0 Å². The Labute approximate surface area is 132 Å². The van der Waals surface area contributed by atoms with Gasteiger partial charge in [0.25, 0.3) is 0 Å². The zero-order valence-corrected chi connectivity index (χ0v) is 13.4. The Morgan fingerprint density at radius 2 is 2.00 bits per heavy atom. The summed E-state index contributed by atoms with van der Waals surface area (Å²) < 4.78 is 0.